The molecule has 1 aliphatic carbocycles. The van der Waals surface area contributed by atoms with Crippen LogP contribution in [0.1, 0.15) is 30.7 Å². The Hall–Kier alpha value is -2.65. The van der Waals surface area contributed by atoms with Crippen LogP contribution in [0.25, 0.3) is 11.0 Å². The maximum absolute atomic E-state index is 5.05. The standard InChI is InChI=1S/C27H31N3/c1-3-9-23(10-4-1)20-29-17-15-22(16-18-29)19-27-28-25-13-7-8-14-26(25)30(27)21-24-11-5-2-6-12-24/h1-9,11-14,22-23H,10,15-21H2. The molecule has 1 aromatic heterocycles. The van der Waals surface area contributed by atoms with Crippen LogP contribution >= 0.6 is 0 Å². The number of hydrogen-bond acceptors (Lipinski definition) is 2. The first-order valence-electron chi connectivity index (χ1n) is 11.4. The van der Waals surface area contributed by atoms with Gasteiger partial charge < -0.3 is 9.47 Å². The fourth-order valence-corrected chi connectivity index (χ4v) is 4.95. The molecular weight excluding hydrogens is 366 g/mol. The molecule has 154 valence electrons. The molecule has 3 aromatic rings. The smallest absolute Gasteiger partial charge is 0.110 e. The average molecular weight is 398 g/mol. The molecule has 0 amide bonds. The van der Waals surface area contributed by atoms with Crippen molar-refractivity contribution < 1.29 is 0 Å². The Balaban J connectivity index is 1.27. The average Bonchev–Trinajstić information content (AvgIpc) is 3.13. The Bertz CT molecular complexity index is 1020. The molecular formula is C27H31N3. The number of imidazole rings is 1. The minimum atomic E-state index is 0.696. The summed E-state index contributed by atoms with van der Waals surface area (Å²) in [6.45, 7) is 4.55. The van der Waals surface area contributed by atoms with E-state index in [1.54, 1.807) is 0 Å². The largest absolute Gasteiger partial charge is 0.323 e. The van der Waals surface area contributed by atoms with E-state index in [0.29, 0.717) is 5.92 Å². The normalized spacial score (nSPS) is 20.2. The molecule has 0 spiro atoms. The van der Waals surface area contributed by atoms with E-state index < -0.39 is 0 Å². The second-order valence-electron chi connectivity index (χ2n) is 8.85. The predicted octanol–water partition coefficient (Wildman–Crippen LogP) is 5.47. The number of aromatic nitrogens is 2. The van der Waals surface area contributed by atoms with Crippen LogP contribution in [0.4, 0.5) is 0 Å². The van der Waals surface area contributed by atoms with Crippen molar-refractivity contribution in [2.75, 3.05) is 19.6 Å². The van der Waals surface area contributed by atoms with Crippen LogP contribution in [0.2, 0.25) is 0 Å². The second kappa shape index (κ2) is 9.01. The highest BCUT2D eigenvalue weighted by molar-refractivity contribution is 5.76. The maximum Gasteiger partial charge on any atom is 0.110 e. The fraction of sp³-hybridized carbons (Fsp3) is 0.370. The Morgan fingerprint density at radius 2 is 1.70 bits per heavy atom. The molecule has 3 nitrogen and oxygen atoms in total. The zero-order valence-electron chi connectivity index (χ0n) is 17.7. The summed E-state index contributed by atoms with van der Waals surface area (Å²) < 4.78 is 2.44. The SMILES string of the molecule is C1=CCC(CN2CCC(Cc3nc4ccccc4n3Cc3ccccc3)CC2)C=C1. The predicted molar refractivity (Wildman–Crippen MR) is 125 cm³/mol. The summed E-state index contributed by atoms with van der Waals surface area (Å²) in [5, 5.41) is 0. The van der Waals surface area contributed by atoms with Crippen molar-refractivity contribution in [2.24, 2.45) is 11.8 Å². The molecule has 1 aliphatic heterocycles. The van der Waals surface area contributed by atoms with Gasteiger partial charge in [-0.05, 0) is 61.9 Å². The number of benzene rings is 2. The van der Waals surface area contributed by atoms with Crippen LogP contribution in [0.15, 0.2) is 78.9 Å². The van der Waals surface area contributed by atoms with Crippen LogP contribution in [0.3, 0.4) is 0 Å². The Labute approximate surface area is 179 Å². The van der Waals surface area contributed by atoms with Gasteiger partial charge in [0.25, 0.3) is 0 Å². The number of nitrogens with zero attached hydrogens (tertiary/aromatic N) is 3. The van der Waals surface area contributed by atoms with Gasteiger partial charge in [-0.3, -0.25) is 0 Å². The van der Waals surface area contributed by atoms with Gasteiger partial charge in [-0.2, -0.15) is 0 Å². The zero-order valence-corrected chi connectivity index (χ0v) is 17.7. The van der Waals surface area contributed by atoms with Gasteiger partial charge in [0.1, 0.15) is 5.82 Å². The van der Waals surface area contributed by atoms with Crippen molar-refractivity contribution in [3.63, 3.8) is 0 Å². The Morgan fingerprint density at radius 1 is 0.900 bits per heavy atom. The molecule has 1 saturated heterocycles. The van der Waals surface area contributed by atoms with E-state index in [1.807, 2.05) is 0 Å². The van der Waals surface area contributed by atoms with Crippen LogP contribution in [-0.4, -0.2) is 34.1 Å². The van der Waals surface area contributed by atoms with Gasteiger partial charge in [0, 0.05) is 19.5 Å². The number of hydrogen-bond donors (Lipinski definition) is 0. The lowest BCUT2D eigenvalue weighted by Gasteiger charge is -2.33. The van der Waals surface area contributed by atoms with Gasteiger partial charge in [0.15, 0.2) is 0 Å². The number of allylic oxidation sites excluding steroid dienone is 3. The van der Waals surface area contributed by atoms with Gasteiger partial charge in [0.05, 0.1) is 11.0 Å². The molecule has 0 bridgehead atoms. The summed E-state index contributed by atoms with van der Waals surface area (Å²) in [5.41, 5.74) is 3.72. The number of piperidine rings is 1. The molecule has 0 N–H and O–H groups in total. The van der Waals surface area contributed by atoms with Gasteiger partial charge in [-0.15, -0.1) is 0 Å². The van der Waals surface area contributed by atoms with Gasteiger partial charge >= 0.3 is 0 Å². The number of fused-ring (bicyclic) bond motifs is 1. The van der Waals surface area contributed by atoms with Crippen LogP contribution in [0.5, 0.6) is 0 Å². The monoisotopic (exact) mass is 397 g/mol. The molecule has 2 heterocycles. The van der Waals surface area contributed by atoms with Crippen LogP contribution < -0.4 is 0 Å². The molecule has 0 saturated carbocycles. The Kier molecular flexibility index (Phi) is 5.80. The van der Waals surface area contributed by atoms with Gasteiger partial charge in [0.2, 0.25) is 0 Å². The first kappa shape index (κ1) is 19.3. The molecule has 2 aliphatic rings. The van der Waals surface area contributed by atoms with Crippen molar-refractivity contribution in [2.45, 2.75) is 32.2 Å². The molecule has 1 fully saturated rings. The summed E-state index contributed by atoms with van der Waals surface area (Å²) in [6.07, 6.45) is 13.9. The zero-order chi connectivity index (χ0) is 20.2. The summed E-state index contributed by atoms with van der Waals surface area (Å²) in [7, 11) is 0. The quantitative estimate of drug-likeness (QED) is 0.550. The number of rotatable bonds is 6. The lowest BCUT2D eigenvalue weighted by Crippen LogP contribution is -2.37. The second-order valence-corrected chi connectivity index (χ2v) is 8.85. The van der Waals surface area contributed by atoms with E-state index in [2.05, 4.69) is 88.4 Å². The van der Waals surface area contributed by atoms with Crippen molar-refractivity contribution in [3.05, 3.63) is 90.3 Å². The Morgan fingerprint density at radius 3 is 2.50 bits per heavy atom. The summed E-state index contributed by atoms with van der Waals surface area (Å²) in [6, 6.07) is 19.4. The van der Waals surface area contributed by atoms with Crippen molar-refractivity contribution in [1.29, 1.82) is 0 Å². The molecule has 5 rings (SSSR count). The van der Waals surface area contributed by atoms with E-state index in [1.165, 1.54) is 55.8 Å². The van der Waals surface area contributed by atoms with Crippen molar-refractivity contribution in [3.8, 4) is 0 Å². The third-order valence-corrected chi connectivity index (χ3v) is 6.66. The van der Waals surface area contributed by atoms with E-state index in [9.17, 15) is 0 Å². The molecule has 1 unspecified atom stereocenters. The number of likely N-dealkylation sites (tertiary alicyclic amines) is 1. The molecule has 1 atom stereocenters. The minimum Gasteiger partial charge on any atom is -0.323 e. The fourth-order valence-electron chi connectivity index (χ4n) is 4.95. The van der Waals surface area contributed by atoms with Crippen LogP contribution in [-0.2, 0) is 13.0 Å². The summed E-state index contributed by atoms with van der Waals surface area (Å²) in [5.74, 6) is 2.68. The lowest BCUT2D eigenvalue weighted by atomic mass is 9.91. The molecule has 30 heavy (non-hydrogen) atoms. The van der Waals surface area contributed by atoms with Gasteiger partial charge in [-0.25, -0.2) is 4.98 Å². The lowest BCUT2D eigenvalue weighted by molar-refractivity contribution is 0.168. The highest BCUT2D eigenvalue weighted by atomic mass is 15.1. The van der Waals surface area contributed by atoms with Gasteiger partial charge in [-0.1, -0.05) is 66.8 Å². The minimum absolute atomic E-state index is 0.696. The molecule has 0 radical (unpaired) electrons. The summed E-state index contributed by atoms with van der Waals surface area (Å²) >= 11 is 0. The first-order chi connectivity index (χ1) is 14.8. The third kappa shape index (κ3) is 4.41. The van der Waals surface area contributed by atoms with Crippen LogP contribution in [0, 0.1) is 11.8 Å². The topological polar surface area (TPSA) is 21.1 Å². The van der Waals surface area contributed by atoms with E-state index in [0.717, 1.165) is 24.4 Å². The first-order valence-corrected chi connectivity index (χ1v) is 11.4. The van der Waals surface area contributed by atoms with E-state index in [-0.39, 0.29) is 0 Å². The molecule has 2 aromatic carbocycles. The summed E-state index contributed by atoms with van der Waals surface area (Å²) in [4.78, 5) is 7.71. The van der Waals surface area contributed by atoms with E-state index in [4.69, 9.17) is 4.98 Å². The highest BCUT2D eigenvalue weighted by Crippen LogP contribution is 2.26. The third-order valence-electron chi connectivity index (χ3n) is 6.66. The number of para-hydroxylation sites is 2. The van der Waals surface area contributed by atoms with Crippen molar-refractivity contribution in [1.82, 2.24) is 14.5 Å². The highest BCUT2D eigenvalue weighted by Gasteiger charge is 2.23. The molecule has 3 heteroatoms. The van der Waals surface area contributed by atoms with Crippen molar-refractivity contribution >= 4 is 11.0 Å². The van der Waals surface area contributed by atoms with E-state index >= 15 is 0 Å². The maximum atomic E-state index is 5.05.